The fraction of sp³-hybridized carbons (Fsp3) is 0.278. The Kier molecular flexibility index (Phi) is 6.45. The topological polar surface area (TPSA) is 63.5 Å². The number of carbonyl (C=O) groups excluding carboxylic acids is 1. The molecule has 1 N–H and O–H groups in total. The van der Waals surface area contributed by atoms with Gasteiger partial charge in [0.2, 0.25) is 5.91 Å². The Hall–Kier alpha value is -1.70. The zero-order valence-electron chi connectivity index (χ0n) is 13.8. The molecule has 5 nitrogen and oxygen atoms in total. The van der Waals surface area contributed by atoms with Crippen LogP contribution in [0, 0.1) is 5.92 Å². The fourth-order valence-corrected chi connectivity index (χ4v) is 4.04. The molecule has 136 valence electrons. The van der Waals surface area contributed by atoms with Crippen LogP contribution in [0.25, 0.3) is 0 Å². The summed E-state index contributed by atoms with van der Waals surface area (Å²) in [6, 6.07) is 7.69. The highest BCUT2D eigenvalue weighted by Crippen LogP contribution is 2.20. The summed E-state index contributed by atoms with van der Waals surface area (Å²) < 4.78 is 2.46. The van der Waals surface area contributed by atoms with Gasteiger partial charge >= 0.3 is 4.87 Å². The molecule has 0 bridgehead atoms. The lowest BCUT2D eigenvalue weighted by Gasteiger charge is -2.14. The van der Waals surface area contributed by atoms with Gasteiger partial charge < -0.3 is 0 Å². The van der Waals surface area contributed by atoms with E-state index < -0.39 is 0 Å². The highest BCUT2D eigenvalue weighted by atomic mass is 79.9. The molecule has 1 aliphatic rings. The Morgan fingerprint density at radius 3 is 2.85 bits per heavy atom. The number of hydrogen-bond acceptors (Lipinski definition) is 4. The van der Waals surface area contributed by atoms with E-state index in [2.05, 4.69) is 32.5 Å². The molecular weight excluding hydrogens is 438 g/mol. The molecule has 1 amide bonds. The predicted octanol–water partition coefficient (Wildman–Crippen LogP) is 4.18. The highest BCUT2D eigenvalue weighted by molar-refractivity contribution is 9.10. The second kappa shape index (κ2) is 8.79. The molecule has 8 heteroatoms. The van der Waals surface area contributed by atoms with Crippen LogP contribution in [0.15, 0.2) is 50.8 Å². The van der Waals surface area contributed by atoms with E-state index in [4.69, 9.17) is 11.6 Å². The minimum Gasteiger partial charge on any atom is -0.284 e. The summed E-state index contributed by atoms with van der Waals surface area (Å²) in [5.74, 6) is -0.156. The van der Waals surface area contributed by atoms with Gasteiger partial charge in [-0.2, -0.15) is 5.10 Å². The number of halogens is 2. The van der Waals surface area contributed by atoms with E-state index in [9.17, 15) is 9.59 Å². The molecule has 1 unspecified atom stereocenters. The zero-order chi connectivity index (χ0) is 18.5. The maximum atomic E-state index is 12.2. The van der Waals surface area contributed by atoms with Gasteiger partial charge in [-0.05, 0) is 37.0 Å². The van der Waals surface area contributed by atoms with Gasteiger partial charge in [-0.3, -0.25) is 14.2 Å². The monoisotopic (exact) mass is 453 g/mol. The summed E-state index contributed by atoms with van der Waals surface area (Å²) in [6.07, 6.45) is 8.01. The fourth-order valence-electron chi connectivity index (χ4n) is 2.67. The third-order valence-corrected chi connectivity index (χ3v) is 6.07. The van der Waals surface area contributed by atoms with Gasteiger partial charge in [0.1, 0.15) is 5.15 Å². The van der Waals surface area contributed by atoms with Crippen molar-refractivity contribution in [3.05, 3.63) is 66.2 Å². The molecule has 3 rings (SSSR count). The first kappa shape index (κ1) is 19.1. The average molecular weight is 455 g/mol. The summed E-state index contributed by atoms with van der Waals surface area (Å²) in [4.78, 5) is 24.6. The molecular formula is C18H17BrClN3O2S. The van der Waals surface area contributed by atoms with Gasteiger partial charge in [-0.15, -0.1) is 0 Å². The van der Waals surface area contributed by atoms with Gasteiger partial charge in [0.15, 0.2) is 0 Å². The Bertz CT molecular complexity index is 902. The van der Waals surface area contributed by atoms with Crippen molar-refractivity contribution in [3.63, 3.8) is 0 Å². The van der Waals surface area contributed by atoms with Gasteiger partial charge in [0.25, 0.3) is 0 Å². The molecule has 0 aliphatic heterocycles. The Labute approximate surface area is 168 Å². The molecule has 1 heterocycles. The summed E-state index contributed by atoms with van der Waals surface area (Å²) in [7, 11) is 0. The molecule has 1 atom stereocenters. The number of benzene rings is 1. The van der Waals surface area contributed by atoms with Gasteiger partial charge in [0, 0.05) is 10.4 Å². The van der Waals surface area contributed by atoms with Crippen LogP contribution < -0.4 is 10.3 Å². The largest absolute Gasteiger partial charge is 0.309 e. The maximum Gasteiger partial charge on any atom is 0.309 e. The van der Waals surface area contributed by atoms with E-state index in [1.54, 1.807) is 0 Å². The van der Waals surface area contributed by atoms with Gasteiger partial charge in [0.05, 0.1) is 17.6 Å². The van der Waals surface area contributed by atoms with Crippen molar-refractivity contribution in [2.75, 3.05) is 0 Å². The molecule has 0 saturated heterocycles. The van der Waals surface area contributed by atoms with E-state index in [0.29, 0.717) is 16.6 Å². The van der Waals surface area contributed by atoms with Crippen molar-refractivity contribution in [2.45, 2.75) is 25.8 Å². The number of nitrogens with zero attached hydrogens (tertiary/aromatic N) is 2. The third kappa shape index (κ3) is 4.72. The Morgan fingerprint density at radius 2 is 2.15 bits per heavy atom. The normalized spacial score (nSPS) is 16.9. The summed E-state index contributed by atoms with van der Waals surface area (Å²) in [5, 5.41) is 4.29. The number of nitrogens with one attached hydrogen (secondary N) is 1. The second-order valence-corrected chi connectivity index (χ2v) is 8.22. The molecule has 1 aromatic carbocycles. The number of allylic oxidation sites excluding steroid dienone is 2. The number of thiazole rings is 1. The van der Waals surface area contributed by atoms with Crippen LogP contribution in [0.2, 0.25) is 5.15 Å². The lowest BCUT2D eigenvalue weighted by Crippen LogP contribution is -2.27. The molecule has 26 heavy (non-hydrogen) atoms. The van der Waals surface area contributed by atoms with Gasteiger partial charge in [-0.1, -0.05) is 63.2 Å². The van der Waals surface area contributed by atoms with Crippen molar-refractivity contribution in [2.24, 2.45) is 11.0 Å². The van der Waals surface area contributed by atoms with Crippen LogP contribution in [-0.4, -0.2) is 16.7 Å². The number of aromatic nitrogens is 1. The standard InChI is InChI=1S/C18H17BrClN3O2S/c19-14-8-6-12(7-9-14)11-23-16(20)15(26-18(23)25)10-21-22-17(24)13-4-2-1-3-5-13/h1-2,6-10,13H,3-5,11H2,(H,22,24)/b21-10+. The number of rotatable bonds is 5. The first-order valence-corrected chi connectivity index (χ1v) is 10.1. The zero-order valence-corrected chi connectivity index (χ0v) is 17.0. The SMILES string of the molecule is O=C(N/N=C/c1sc(=O)n(Cc2ccc(Br)cc2)c1Cl)C1CC=CCC1. The molecule has 2 aromatic rings. The quantitative estimate of drug-likeness (QED) is 0.418. The van der Waals surface area contributed by atoms with Crippen LogP contribution in [-0.2, 0) is 11.3 Å². The summed E-state index contributed by atoms with van der Waals surface area (Å²) in [6.45, 7) is 0.385. The van der Waals surface area contributed by atoms with Crippen molar-refractivity contribution >= 4 is 51.0 Å². The highest BCUT2D eigenvalue weighted by Gasteiger charge is 2.18. The smallest absolute Gasteiger partial charge is 0.284 e. The van der Waals surface area contributed by atoms with Crippen molar-refractivity contribution in [1.29, 1.82) is 0 Å². The predicted molar refractivity (Wildman–Crippen MR) is 109 cm³/mol. The van der Waals surface area contributed by atoms with E-state index in [-0.39, 0.29) is 16.7 Å². The number of amides is 1. The number of hydrazone groups is 1. The summed E-state index contributed by atoms with van der Waals surface area (Å²) in [5.41, 5.74) is 3.51. The molecule has 0 fully saturated rings. The maximum absolute atomic E-state index is 12.2. The average Bonchev–Trinajstić information content (AvgIpc) is 2.92. The van der Waals surface area contributed by atoms with E-state index in [0.717, 1.165) is 40.6 Å². The van der Waals surface area contributed by atoms with E-state index in [1.165, 1.54) is 10.8 Å². The summed E-state index contributed by atoms with van der Waals surface area (Å²) >= 11 is 10.7. The Morgan fingerprint density at radius 1 is 1.38 bits per heavy atom. The van der Waals surface area contributed by atoms with Crippen LogP contribution in [0.5, 0.6) is 0 Å². The lowest BCUT2D eigenvalue weighted by atomic mass is 9.94. The molecule has 0 spiro atoms. The first-order valence-electron chi connectivity index (χ1n) is 8.16. The van der Waals surface area contributed by atoms with Crippen LogP contribution in [0.1, 0.15) is 29.7 Å². The van der Waals surface area contributed by atoms with Crippen molar-refractivity contribution in [1.82, 2.24) is 9.99 Å². The van der Waals surface area contributed by atoms with Crippen LogP contribution in [0.4, 0.5) is 0 Å². The lowest BCUT2D eigenvalue weighted by molar-refractivity contribution is -0.125. The Balaban J connectivity index is 1.67. The van der Waals surface area contributed by atoms with Crippen LogP contribution >= 0.6 is 38.9 Å². The van der Waals surface area contributed by atoms with Crippen LogP contribution in [0.3, 0.4) is 0 Å². The van der Waals surface area contributed by atoms with E-state index in [1.807, 2.05) is 30.3 Å². The van der Waals surface area contributed by atoms with E-state index >= 15 is 0 Å². The second-order valence-electron chi connectivity index (χ2n) is 5.95. The molecule has 0 radical (unpaired) electrons. The molecule has 1 aliphatic carbocycles. The number of hydrogen-bond donors (Lipinski definition) is 1. The number of carbonyl (C=O) groups is 1. The third-order valence-electron chi connectivity index (χ3n) is 4.11. The molecule has 1 aromatic heterocycles. The van der Waals surface area contributed by atoms with Crippen molar-refractivity contribution < 1.29 is 4.79 Å². The minimum atomic E-state index is -0.164. The van der Waals surface area contributed by atoms with Gasteiger partial charge in [-0.25, -0.2) is 5.43 Å². The minimum absolute atomic E-state index is 0.0478. The molecule has 0 saturated carbocycles. The van der Waals surface area contributed by atoms with Crippen molar-refractivity contribution in [3.8, 4) is 0 Å². The first-order chi connectivity index (χ1) is 12.5.